The Kier molecular flexibility index (Phi) is 5.09. The van der Waals surface area contributed by atoms with Crippen molar-refractivity contribution in [2.24, 2.45) is 3.77 Å². The van der Waals surface area contributed by atoms with Crippen LogP contribution in [0.4, 0.5) is 0 Å². The highest BCUT2D eigenvalue weighted by Crippen LogP contribution is 2.18. The van der Waals surface area contributed by atoms with E-state index in [4.69, 9.17) is 0 Å². The molecule has 0 radical (unpaired) electrons. The summed E-state index contributed by atoms with van der Waals surface area (Å²) in [6.45, 7) is 3.78. The lowest BCUT2D eigenvalue weighted by Crippen LogP contribution is -1.99. The molecule has 0 saturated heterocycles. The number of benzene rings is 2. The molecule has 3 nitrogen and oxygen atoms in total. The minimum Gasteiger partial charge on any atom is -0.199 e. The Bertz CT molecular complexity index is 762. The molecule has 1 atom stereocenters. The molecule has 0 saturated carbocycles. The Morgan fingerprint density at radius 1 is 1.00 bits per heavy atom. The Hall–Kier alpha value is -1.72. The van der Waals surface area contributed by atoms with Crippen LogP contribution in [0.3, 0.4) is 0 Å². The first kappa shape index (κ1) is 15.7. The van der Waals surface area contributed by atoms with Gasteiger partial charge in [-0.2, -0.15) is 8.42 Å². The molecule has 0 aliphatic rings. The lowest BCUT2D eigenvalue weighted by molar-refractivity contribution is 0.598. The Balaban J connectivity index is 2.49. The van der Waals surface area contributed by atoms with Gasteiger partial charge in [0.1, 0.15) is 0 Å². The third kappa shape index (κ3) is 4.12. The van der Waals surface area contributed by atoms with Crippen LogP contribution >= 0.6 is 0 Å². The van der Waals surface area contributed by atoms with E-state index in [1.165, 1.54) is 0 Å². The fourth-order valence-corrected chi connectivity index (χ4v) is 4.76. The van der Waals surface area contributed by atoms with E-state index >= 15 is 0 Å². The molecular weight excluding hydrogens is 302 g/mol. The Morgan fingerprint density at radius 3 is 2.19 bits per heavy atom. The molecule has 2 rings (SSSR count). The van der Waals surface area contributed by atoms with Gasteiger partial charge in [0.05, 0.1) is 4.90 Å². The number of sulfonamides is 1. The summed E-state index contributed by atoms with van der Waals surface area (Å²) >= 11 is 0. The Labute approximate surface area is 128 Å². The van der Waals surface area contributed by atoms with E-state index in [0.29, 0.717) is 0 Å². The predicted octanol–water partition coefficient (Wildman–Crippen LogP) is 4.08. The standard InChI is InChI=1S/C16H17NO2S2/c1-3-13-20(15-7-5-4-6-8-15)17-21(18,19)16-11-9-14(2)10-12-16/h3-13H,1-2H3. The van der Waals surface area contributed by atoms with Crippen LogP contribution in [-0.2, 0) is 20.7 Å². The van der Waals surface area contributed by atoms with Crippen molar-refractivity contribution in [2.75, 3.05) is 0 Å². The van der Waals surface area contributed by atoms with Crippen LogP contribution in [0.5, 0.6) is 0 Å². The second kappa shape index (κ2) is 6.83. The fourth-order valence-electron chi connectivity index (χ4n) is 1.69. The van der Waals surface area contributed by atoms with Crippen molar-refractivity contribution < 1.29 is 8.42 Å². The van der Waals surface area contributed by atoms with E-state index in [1.807, 2.05) is 50.3 Å². The third-order valence-electron chi connectivity index (χ3n) is 2.75. The van der Waals surface area contributed by atoms with Crippen molar-refractivity contribution in [2.45, 2.75) is 23.6 Å². The Morgan fingerprint density at radius 2 is 1.62 bits per heavy atom. The van der Waals surface area contributed by atoms with E-state index in [0.717, 1.165) is 10.5 Å². The molecule has 0 bridgehead atoms. The average Bonchev–Trinajstić information content (AvgIpc) is 2.48. The minimum absolute atomic E-state index is 0.228. The number of rotatable bonds is 4. The molecular formula is C16H17NO2S2. The average molecular weight is 319 g/mol. The smallest absolute Gasteiger partial charge is 0.199 e. The molecule has 2 aromatic rings. The molecule has 5 heteroatoms. The van der Waals surface area contributed by atoms with E-state index in [9.17, 15) is 8.42 Å². The molecule has 21 heavy (non-hydrogen) atoms. The molecule has 0 aromatic heterocycles. The summed E-state index contributed by atoms with van der Waals surface area (Å²) in [5.41, 5.74) is 1.02. The lowest BCUT2D eigenvalue weighted by atomic mass is 10.2. The molecule has 0 N–H and O–H groups in total. The topological polar surface area (TPSA) is 46.5 Å². The van der Waals surface area contributed by atoms with Crippen LogP contribution in [-0.4, -0.2) is 8.42 Å². The van der Waals surface area contributed by atoms with Crippen molar-refractivity contribution >= 4 is 20.7 Å². The summed E-state index contributed by atoms with van der Waals surface area (Å²) in [5.74, 6) is 0. The molecule has 0 fully saturated rings. The molecule has 0 amide bonds. The number of hydrogen-bond donors (Lipinski definition) is 0. The molecule has 2 aromatic carbocycles. The second-order valence-corrected chi connectivity index (χ2v) is 7.85. The van der Waals surface area contributed by atoms with E-state index < -0.39 is 20.7 Å². The number of hydrogen-bond acceptors (Lipinski definition) is 2. The van der Waals surface area contributed by atoms with E-state index in [-0.39, 0.29) is 4.90 Å². The highest BCUT2D eigenvalue weighted by Gasteiger charge is 2.13. The first-order valence-corrected chi connectivity index (χ1v) is 9.17. The van der Waals surface area contributed by atoms with Crippen LogP contribution in [0.2, 0.25) is 0 Å². The SMILES string of the molecule is CC=CS(=NS(=O)(=O)c1ccc(C)cc1)c1ccccc1. The van der Waals surface area contributed by atoms with Gasteiger partial charge in [0.15, 0.2) is 0 Å². The van der Waals surface area contributed by atoms with E-state index in [2.05, 4.69) is 3.77 Å². The number of allylic oxidation sites excluding steroid dienone is 1. The number of aryl methyl sites for hydroxylation is 1. The van der Waals surface area contributed by atoms with Gasteiger partial charge in [-0.25, -0.2) is 0 Å². The van der Waals surface area contributed by atoms with Gasteiger partial charge in [0.25, 0.3) is 10.0 Å². The van der Waals surface area contributed by atoms with Crippen molar-refractivity contribution in [3.05, 3.63) is 71.6 Å². The van der Waals surface area contributed by atoms with Crippen molar-refractivity contribution in [1.29, 1.82) is 0 Å². The first-order valence-electron chi connectivity index (χ1n) is 6.49. The van der Waals surface area contributed by atoms with Crippen molar-refractivity contribution in [3.63, 3.8) is 0 Å². The summed E-state index contributed by atoms with van der Waals surface area (Å²) < 4.78 is 28.9. The zero-order valence-electron chi connectivity index (χ0n) is 11.9. The molecule has 0 aliphatic heterocycles. The summed E-state index contributed by atoms with van der Waals surface area (Å²) in [6.07, 6.45) is 1.82. The third-order valence-corrected chi connectivity index (χ3v) is 6.33. The molecule has 1 unspecified atom stereocenters. The van der Waals surface area contributed by atoms with Gasteiger partial charge in [0.2, 0.25) is 0 Å². The maximum absolute atomic E-state index is 12.4. The normalized spacial score (nSPS) is 13.6. The van der Waals surface area contributed by atoms with Crippen LogP contribution in [0.15, 0.2) is 79.6 Å². The molecule has 0 heterocycles. The predicted molar refractivity (Wildman–Crippen MR) is 87.7 cm³/mol. The van der Waals surface area contributed by atoms with Crippen molar-refractivity contribution in [3.8, 4) is 0 Å². The zero-order valence-corrected chi connectivity index (χ0v) is 13.6. The molecule has 0 spiro atoms. The summed E-state index contributed by atoms with van der Waals surface area (Å²) in [5, 5.41) is 1.81. The van der Waals surface area contributed by atoms with Gasteiger partial charge < -0.3 is 0 Å². The monoisotopic (exact) mass is 319 g/mol. The van der Waals surface area contributed by atoms with Gasteiger partial charge in [-0.3, -0.25) is 0 Å². The summed E-state index contributed by atoms with van der Waals surface area (Å²) in [7, 11) is -4.47. The maximum atomic E-state index is 12.4. The second-order valence-electron chi connectivity index (χ2n) is 4.46. The quantitative estimate of drug-likeness (QED) is 0.852. The van der Waals surface area contributed by atoms with Gasteiger partial charge in [-0.15, -0.1) is 3.77 Å². The largest absolute Gasteiger partial charge is 0.288 e. The van der Waals surface area contributed by atoms with Crippen LogP contribution in [0, 0.1) is 6.92 Å². The van der Waals surface area contributed by atoms with Crippen molar-refractivity contribution in [1.82, 2.24) is 0 Å². The van der Waals surface area contributed by atoms with Gasteiger partial charge >= 0.3 is 0 Å². The van der Waals surface area contributed by atoms with E-state index in [1.54, 1.807) is 29.7 Å². The molecule has 0 aliphatic carbocycles. The van der Waals surface area contributed by atoms with Crippen LogP contribution in [0.1, 0.15) is 12.5 Å². The highest BCUT2D eigenvalue weighted by molar-refractivity contribution is 8.01. The van der Waals surface area contributed by atoms with Gasteiger partial charge in [-0.1, -0.05) is 42.0 Å². The fraction of sp³-hybridized carbons (Fsp3) is 0.125. The van der Waals surface area contributed by atoms with Crippen LogP contribution in [0.25, 0.3) is 0 Å². The lowest BCUT2D eigenvalue weighted by Gasteiger charge is -2.05. The van der Waals surface area contributed by atoms with Gasteiger partial charge in [0, 0.05) is 4.90 Å². The summed E-state index contributed by atoms with van der Waals surface area (Å²) in [4.78, 5) is 1.11. The number of nitrogens with zero attached hydrogens (tertiary/aromatic N) is 1. The zero-order chi connectivity index (χ0) is 15.3. The van der Waals surface area contributed by atoms with Crippen LogP contribution < -0.4 is 0 Å². The van der Waals surface area contributed by atoms with Gasteiger partial charge in [-0.05, 0) is 54.2 Å². The molecule has 110 valence electrons. The first-order chi connectivity index (χ1) is 10.0. The summed E-state index contributed by atoms with van der Waals surface area (Å²) in [6, 6.07) is 16.2. The minimum atomic E-state index is -3.66. The maximum Gasteiger partial charge on any atom is 0.288 e. The highest BCUT2D eigenvalue weighted by atomic mass is 32.3.